The second kappa shape index (κ2) is 8.06. The minimum absolute atomic E-state index is 0.0286. The summed E-state index contributed by atoms with van der Waals surface area (Å²) in [5.74, 6) is -0.141. The third-order valence-corrected chi connectivity index (χ3v) is 2.15. The highest BCUT2D eigenvalue weighted by Gasteiger charge is 2.12. The molecule has 0 spiro atoms. The summed E-state index contributed by atoms with van der Waals surface area (Å²) in [6.07, 6.45) is 1.38. The standard InChI is InChI=1S/C12H24N2O3/c1-12(2,3)6-5-10(15)13-7-8-14-11(16)9-17-4/h5-9H2,1-4H3,(H,13,15)(H,14,16). The van der Waals surface area contributed by atoms with Gasteiger partial charge in [-0.05, 0) is 11.8 Å². The van der Waals surface area contributed by atoms with E-state index in [0.29, 0.717) is 19.5 Å². The summed E-state index contributed by atoms with van der Waals surface area (Å²) < 4.78 is 4.66. The van der Waals surface area contributed by atoms with Gasteiger partial charge < -0.3 is 15.4 Å². The van der Waals surface area contributed by atoms with Gasteiger partial charge in [-0.1, -0.05) is 20.8 Å². The molecule has 0 atom stereocenters. The maximum atomic E-state index is 11.4. The number of carbonyl (C=O) groups is 2. The molecule has 0 heterocycles. The number of ether oxygens (including phenoxy) is 1. The highest BCUT2D eigenvalue weighted by Crippen LogP contribution is 2.19. The third kappa shape index (κ3) is 11.2. The van der Waals surface area contributed by atoms with E-state index in [-0.39, 0.29) is 23.8 Å². The lowest BCUT2D eigenvalue weighted by atomic mass is 9.90. The molecule has 0 unspecified atom stereocenters. The van der Waals surface area contributed by atoms with Gasteiger partial charge in [-0.2, -0.15) is 0 Å². The minimum Gasteiger partial charge on any atom is -0.375 e. The maximum Gasteiger partial charge on any atom is 0.246 e. The minimum atomic E-state index is -0.170. The van der Waals surface area contributed by atoms with Crippen LogP contribution < -0.4 is 10.6 Å². The van der Waals surface area contributed by atoms with Crippen molar-refractivity contribution in [3.63, 3.8) is 0 Å². The summed E-state index contributed by atoms with van der Waals surface area (Å²) in [7, 11) is 1.47. The van der Waals surface area contributed by atoms with Crippen LogP contribution in [0.5, 0.6) is 0 Å². The molecular weight excluding hydrogens is 220 g/mol. The van der Waals surface area contributed by atoms with Crippen LogP contribution in [0.3, 0.4) is 0 Å². The number of carbonyl (C=O) groups excluding carboxylic acids is 2. The van der Waals surface area contributed by atoms with Crippen LogP contribution in [0.25, 0.3) is 0 Å². The zero-order chi connectivity index (χ0) is 13.3. The Morgan fingerprint density at radius 2 is 1.59 bits per heavy atom. The molecule has 0 aliphatic heterocycles. The number of amides is 2. The molecular formula is C12H24N2O3. The number of hydrogen-bond donors (Lipinski definition) is 2. The first-order valence-corrected chi connectivity index (χ1v) is 5.87. The Labute approximate surface area is 103 Å². The van der Waals surface area contributed by atoms with Gasteiger partial charge in [0, 0.05) is 26.6 Å². The lowest BCUT2D eigenvalue weighted by Gasteiger charge is -2.17. The first kappa shape index (κ1) is 15.9. The Morgan fingerprint density at radius 3 is 2.06 bits per heavy atom. The molecule has 0 radical (unpaired) electrons. The second-order valence-electron chi connectivity index (χ2n) is 5.19. The normalized spacial score (nSPS) is 11.1. The lowest BCUT2D eigenvalue weighted by molar-refractivity contribution is -0.125. The summed E-state index contributed by atoms with van der Waals surface area (Å²) in [5.41, 5.74) is 0.171. The van der Waals surface area contributed by atoms with E-state index in [1.54, 1.807) is 0 Å². The molecule has 17 heavy (non-hydrogen) atoms. The van der Waals surface area contributed by atoms with Crippen molar-refractivity contribution >= 4 is 11.8 Å². The molecule has 0 saturated heterocycles. The van der Waals surface area contributed by atoms with Gasteiger partial charge >= 0.3 is 0 Å². The average Bonchev–Trinajstić information content (AvgIpc) is 2.21. The van der Waals surface area contributed by atoms with Crippen molar-refractivity contribution in [3.8, 4) is 0 Å². The average molecular weight is 244 g/mol. The quantitative estimate of drug-likeness (QED) is 0.648. The van der Waals surface area contributed by atoms with Gasteiger partial charge in [-0.15, -0.1) is 0 Å². The fourth-order valence-electron chi connectivity index (χ4n) is 1.16. The van der Waals surface area contributed by atoms with Crippen LogP contribution in [-0.4, -0.2) is 38.6 Å². The van der Waals surface area contributed by atoms with E-state index >= 15 is 0 Å². The predicted octanol–water partition coefficient (Wildman–Crippen LogP) is 0.691. The Balaban J connectivity index is 3.49. The molecule has 0 saturated carbocycles. The van der Waals surface area contributed by atoms with E-state index in [4.69, 9.17) is 0 Å². The SMILES string of the molecule is COCC(=O)NCCNC(=O)CCC(C)(C)C. The van der Waals surface area contributed by atoms with Gasteiger partial charge in [-0.25, -0.2) is 0 Å². The predicted molar refractivity (Wildman–Crippen MR) is 66.6 cm³/mol. The van der Waals surface area contributed by atoms with Gasteiger partial charge in [0.05, 0.1) is 0 Å². The molecule has 0 aromatic heterocycles. The van der Waals surface area contributed by atoms with Gasteiger partial charge in [0.2, 0.25) is 11.8 Å². The maximum absolute atomic E-state index is 11.4. The topological polar surface area (TPSA) is 67.4 Å². The molecule has 5 nitrogen and oxygen atoms in total. The highest BCUT2D eigenvalue weighted by molar-refractivity contribution is 5.77. The van der Waals surface area contributed by atoms with Crippen molar-refractivity contribution < 1.29 is 14.3 Å². The zero-order valence-electron chi connectivity index (χ0n) is 11.3. The van der Waals surface area contributed by atoms with Crippen molar-refractivity contribution in [2.45, 2.75) is 33.6 Å². The van der Waals surface area contributed by atoms with Crippen LogP contribution in [0.15, 0.2) is 0 Å². The van der Waals surface area contributed by atoms with E-state index in [2.05, 4.69) is 36.1 Å². The molecule has 0 aromatic carbocycles. The largest absolute Gasteiger partial charge is 0.375 e. The summed E-state index contributed by atoms with van der Waals surface area (Å²) in [6, 6.07) is 0. The first-order valence-electron chi connectivity index (χ1n) is 5.87. The van der Waals surface area contributed by atoms with Crippen molar-refractivity contribution in [1.29, 1.82) is 0 Å². The van der Waals surface area contributed by atoms with E-state index in [1.807, 2.05) is 0 Å². The first-order chi connectivity index (χ1) is 7.85. The molecule has 0 fully saturated rings. The van der Waals surface area contributed by atoms with Crippen LogP contribution in [-0.2, 0) is 14.3 Å². The number of rotatable bonds is 7. The van der Waals surface area contributed by atoms with Gasteiger partial charge in [-0.3, -0.25) is 9.59 Å². The van der Waals surface area contributed by atoms with Crippen LogP contribution in [0.1, 0.15) is 33.6 Å². The molecule has 2 amide bonds. The summed E-state index contributed by atoms with van der Waals surface area (Å²) in [5, 5.41) is 5.39. The highest BCUT2D eigenvalue weighted by atomic mass is 16.5. The Hall–Kier alpha value is -1.10. The van der Waals surface area contributed by atoms with Crippen LogP contribution in [0.2, 0.25) is 0 Å². The number of methoxy groups -OCH3 is 1. The Kier molecular flexibility index (Phi) is 7.54. The van der Waals surface area contributed by atoms with E-state index < -0.39 is 0 Å². The summed E-state index contributed by atoms with van der Waals surface area (Å²) >= 11 is 0. The third-order valence-electron chi connectivity index (χ3n) is 2.15. The molecule has 0 aromatic rings. The van der Waals surface area contributed by atoms with Crippen molar-refractivity contribution in [1.82, 2.24) is 10.6 Å². The van der Waals surface area contributed by atoms with Gasteiger partial charge in [0.15, 0.2) is 0 Å². The smallest absolute Gasteiger partial charge is 0.246 e. The molecule has 0 aliphatic carbocycles. The van der Waals surface area contributed by atoms with Crippen LogP contribution in [0.4, 0.5) is 0 Å². The van der Waals surface area contributed by atoms with E-state index in [9.17, 15) is 9.59 Å². The Bertz CT molecular complexity index is 247. The van der Waals surface area contributed by atoms with E-state index in [0.717, 1.165) is 6.42 Å². The Morgan fingerprint density at radius 1 is 1.06 bits per heavy atom. The lowest BCUT2D eigenvalue weighted by Crippen LogP contribution is -2.36. The van der Waals surface area contributed by atoms with Crippen LogP contribution >= 0.6 is 0 Å². The van der Waals surface area contributed by atoms with Crippen molar-refractivity contribution in [2.24, 2.45) is 5.41 Å². The number of nitrogens with one attached hydrogen (secondary N) is 2. The van der Waals surface area contributed by atoms with Crippen molar-refractivity contribution in [2.75, 3.05) is 26.8 Å². The molecule has 2 N–H and O–H groups in total. The summed E-state index contributed by atoms with van der Waals surface area (Å²) in [4.78, 5) is 22.4. The van der Waals surface area contributed by atoms with Gasteiger partial charge in [0.25, 0.3) is 0 Å². The summed E-state index contributed by atoms with van der Waals surface area (Å²) in [6.45, 7) is 7.25. The van der Waals surface area contributed by atoms with Gasteiger partial charge in [0.1, 0.15) is 6.61 Å². The van der Waals surface area contributed by atoms with Crippen molar-refractivity contribution in [3.05, 3.63) is 0 Å². The monoisotopic (exact) mass is 244 g/mol. The fraction of sp³-hybridized carbons (Fsp3) is 0.833. The molecule has 100 valence electrons. The fourth-order valence-corrected chi connectivity index (χ4v) is 1.16. The molecule has 0 bridgehead atoms. The van der Waals surface area contributed by atoms with E-state index in [1.165, 1.54) is 7.11 Å². The van der Waals surface area contributed by atoms with Crippen LogP contribution in [0, 0.1) is 5.41 Å². The second-order valence-corrected chi connectivity index (χ2v) is 5.19. The molecule has 0 rings (SSSR count). The number of hydrogen-bond acceptors (Lipinski definition) is 3. The molecule has 5 heteroatoms. The zero-order valence-corrected chi connectivity index (χ0v) is 11.3. The molecule has 0 aliphatic rings.